The van der Waals surface area contributed by atoms with Crippen LogP contribution < -0.4 is 5.32 Å². The number of aromatic nitrogens is 1. The Bertz CT molecular complexity index is 513. The fraction of sp³-hybridized carbons (Fsp3) is 0.467. The summed E-state index contributed by atoms with van der Waals surface area (Å²) in [5, 5.41) is 11.7. The number of carbonyl (C=O) groups is 1. The van der Waals surface area contributed by atoms with E-state index in [1.807, 2.05) is 0 Å². The van der Waals surface area contributed by atoms with Crippen LogP contribution in [-0.2, 0) is 4.74 Å². The first kappa shape index (κ1) is 14.5. The van der Waals surface area contributed by atoms with Crippen molar-refractivity contribution in [2.45, 2.75) is 25.3 Å². The fourth-order valence-corrected chi connectivity index (χ4v) is 2.01. The van der Waals surface area contributed by atoms with E-state index in [4.69, 9.17) is 9.84 Å². The van der Waals surface area contributed by atoms with Gasteiger partial charge in [-0.15, -0.1) is 0 Å². The lowest BCUT2D eigenvalue weighted by atomic mass is 10.1. The number of aliphatic hydroxyl groups is 1. The molecular weight excluding hydrogens is 256 g/mol. The Labute approximate surface area is 118 Å². The molecule has 2 heterocycles. The number of pyridine rings is 1. The van der Waals surface area contributed by atoms with Gasteiger partial charge in [-0.05, 0) is 18.9 Å². The monoisotopic (exact) mass is 274 g/mol. The van der Waals surface area contributed by atoms with E-state index in [0.29, 0.717) is 30.8 Å². The van der Waals surface area contributed by atoms with Gasteiger partial charge < -0.3 is 15.2 Å². The molecule has 2 N–H and O–H groups in total. The van der Waals surface area contributed by atoms with Crippen LogP contribution >= 0.6 is 0 Å². The molecule has 1 aliphatic heterocycles. The Balaban J connectivity index is 2.07. The molecular formula is C15H18N2O3. The Morgan fingerprint density at radius 1 is 1.50 bits per heavy atom. The average Bonchev–Trinajstić information content (AvgIpc) is 2.49. The molecule has 0 spiro atoms. The summed E-state index contributed by atoms with van der Waals surface area (Å²) in [6, 6.07) is 1.82. The SMILES string of the molecule is O=C(NC1CCOCC1)c1ccncc1C#CCCO. The van der Waals surface area contributed by atoms with E-state index < -0.39 is 0 Å². The number of amides is 1. The van der Waals surface area contributed by atoms with Crippen LogP contribution in [0.15, 0.2) is 18.5 Å². The Morgan fingerprint density at radius 3 is 3.05 bits per heavy atom. The first-order valence-corrected chi connectivity index (χ1v) is 6.73. The number of carbonyl (C=O) groups excluding carboxylic acids is 1. The normalized spacial score (nSPS) is 15.2. The van der Waals surface area contributed by atoms with Crippen molar-refractivity contribution in [3.8, 4) is 11.8 Å². The lowest BCUT2D eigenvalue weighted by Crippen LogP contribution is -2.39. The molecule has 106 valence electrons. The lowest BCUT2D eigenvalue weighted by molar-refractivity contribution is 0.0696. The van der Waals surface area contributed by atoms with Crippen LogP contribution in [0, 0.1) is 11.8 Å². The first-order valence-electron chi connectivity index (χ1n) is 6.73. The highest BCUT2D eigenvalue weighted by Gasteiger charge is 2.18. The molecule has 1 aromatic rings. The molecule has 5 heteroatoms. The Kier molecular flexibility index (Phi) is 5.54. The molecule has 2 rings (SSSR count). The minimum absolute atomic E-state index is 0.0108. The molecule has 0 aromatic carbocycles. The van der Waals surface area contributed by atoms with Gasteiger partial charge in [0.1, 0.15) is 0 Å². The predicted octanol–water partition coefficient (Wildman–Crippen LogP) is 0.724. The van der Waals surface area contributed by atoms with Crippen molar-refractivity contribution in [3.05, 3.63) is 29.6 Å². The zero-order valence-corrected chi connectivity index (χ0v) is 11.3. The van der Waals surface area contributed by atoms with Crippen LogP contribution in [0.2, 0.25) is 0 Å². The minimum Gasteiger partial charge on any atom is -0.395 e. The third-order valence-corrected chi connectivity index (χ3v) is 3.08. The number of ether oxygens (including phenoxy) is 1. The van der Waals surface area contributed by atoms with Crippen molar-refractivity contribution in [1.29, 1.82) is 0 Å². The highest BCUT2D eigenvalue weighted by atomic mass is 16.5. The lowest BCUT2D eigenvalue weighted by Gasteiger charge is -2.23. The van der Waals surface area contributed by atoms with Gasteiger partial charge in [0.25, 0.3) is 5.91 Å². The molecule has 0 unspecified atom stereocenters. The third kappa shape index (κ3) is 4.05. The van der Waals surface area contributed by atoms with Gasteiger partial charge in [-0.3, -0.25) is 9.78 Å². The van der Waals surface area contributed by atoms with Crippen LogP contribution in [0.25, 0.3) is 0 Å². The summed E-state index contributed by atoms with van der Waals surface area (Å²) in [4.78, 5) is 16.3. The molecule has 0 saturated carbocycles. The van der Waals surface area contributed by atoms with Crippen LogP contribution in [0.4, 0.5) is 0 Å². The van der Waals surface area contributed by atoms with Gasteiger partial charge in [0.2, 0.25) is 0 Å². The van der Waals surface area contributed by atoms with Gasteiger partial charge in [-0.1, -0.05) is 11.8 Å². The van der Waals surface area contributed by atoms with E-state index in [9.17, 15) is 4.79 Å². The smallest absolute Gasteiger partial charge is 0.252 e. The van der Waals surface area contributed by atoms with E-state index in [0.717, 1.165) is 12.8 Å². The third-order valence-electron chi connectivity index (χ3n) is 3.08. The molecule has 0 aliphatic carbocycles. The van der Waals surface area contributed by atoms with E-state index in [-0.39, 0.29) is 18.6 Å². The van der Waals surface area contributed by atoms with Gasteiger partial charge in [-0.25, -0.2) is 0 Å². The molecule has 1 fully saturated rings. The Morgan fingerprint density at radius 2 is 2.30 bits per heavy atom. The second-order valence-corrected chi connectivity index (χ2v) is 4.56. The summed E-state index contributed by atoms with van der Waals surface area (Å²) in [6.45, 7) is 1.38. The predicted molar refractivity (Wildman–Crippen MR) is 74.1 cm³/mol. The van der Waals surface area contributed by atoms with E-state index >= 15 is 0 Å². The number of nitrogens with one attached hydrogen (secondary N) is 1. The van der Waals surface area contributed by atoms with Crippen molar-refractivity contribution in [2.24, 2.45) is 0 Å². The van der Waals surface area contributed by atoms with Gasteiger partial charge in [0, 0.05) is 38.1 Å². The van der Waals surface area contributed by atoms with Crippen molar-refractivity contribution >= 4 is 5.91 Å². The number of rotatable bonds is 3. The molecule has 1 aromatic heterocycles. The highest BCUT2D eigenvalue weighted by molar-refractivity contribution is 5.96. The molecule has 1 saturated heterocycles. The maximum atomic E-state index is 12.3. The quantitative estimate of drug-likeness (QED) is 0.797. The number of hydrogen-bond acceptors (Lipinski definition) is 4. The van der Waals surface area contributed by atoms with Gasteiger partial charge in [-0.2, -0.15) is 0 Å². The zero-order valence-electron chi connectivity index (χ0n) is 11.3. The highest BCUT2D eigenvalue weighted by Crippen LogP contribution is 2.10. The summed E-state index contributed by atoms with van der Waals surface area (Å²) < 4.78 is 5.27. The number of hydrogen-bond donors (Lipinski definition) is 2. The molecule has 0 atom stereocenters. The van der Waals surface area contributed by atoms with Crippen molar-refractivity contribution in [1.82, 2.24) is 10.3 Å². The van der Waals surface area contributed by atoms with Crippen molar-refractivity contribution in [2.75, 3.05) is 19.8 Å². The summed E-state index contributed by atoms with van der Waals surface area (Å²) in [5.41, 5.74) is 1.11. The van der Waals surface area contributed by atoms with E-state index in [1.165, 1.54) is 0 Å². The number of aliphatic hydroxyl groups excluding tert-OH is 1. The fourth-order valence-electron chi connectivity index (χ4n) is 2.01. The van der Waals surface area contributed by atoms with Crippen LogP contribution in [0.5, 0.6) is 0 Å². The van der Waals surface area contributed by atoms with Crippen LogP contribution in [0.1, 0.15) is 35.2 Å². The summed E-state index contributed by atoms with van der Waals surface area (Å²) in [6.07, 6.45) is 5.21. The zero-order chi connectivity index (χ0) is 14.2. The topological polar surface area (TPSA) is 71.5 Å². The standard InChI is InChI=1S/C15H18N2O3/c18-8-2-1-3-12-11-16-7-4-14(12)15(19)17-13-5-9-20-10-6-13/h4,7,11,13,18H,2,5-6,8-10H2,(H,17,19). The molecule has 0 radical (unpaired) electrons. The van der Waals surface area contributed by atoms with Gasteiger partial charge >= 0.3 is 0 Å². The second kappa shape index (κ2) is 7.63. The van der Waals surface area contributed by atoms with Crippen LogP contribution in [0.3, 0.4) is 0 Å². The first-order chi connectivity index (χ1) is 9.81. The summed E-state index contributed by atoms with van der Waals surface area (Å²) >= 11 is 0. The van der Waals surface area contributed by atoms with Gasteiger partial charge in [0.15, 0.2) is 0 Å². The van der Waals surface area contributed by atoms with Gasteiger partial charge in [0.05, 0.1) is 17.7 Å². The van der Waals surface area contributed by atoms with Crippen molar-refractivity contribution < 1.29 is 14.6 Å². The summed E-state index contributed by atoms with van der Waals surface area (Å²) in [7, 11) is 0. The van der Waals surface area contributed by atoms with E-state index in [2.05, 4.69) is 22.1 Å². The molecule has 0 bridgehead atoms. The van der Waals surface area contributed by atoms with Crippen LogP contribution in [-0.4, -0.2) is 41.9 Å². The maximum Gasteiger partial charge on any atom is 0.252 e. The average molecular weight is 274 g/mol. The second-order valence-electron chi connectivity index (χ2n) is 4.56. The molecule has 5 nitrogen and oxygen atoms in total. The maximum absolute atomic E-state index is 12.3. The van der Waals surface area contributed by atoms with Crippen molar-refractivity contribution in [3.63, 3.8) is 0 Å². The molecule has 1 amide bonds. The molecule has 20 heavy (non-hydrogen) atoms. The minimum atomic E-state index is -0.132. The Hall–Kier alpha value is -1.90. The van der Waals surface area contributed by atoms with E-state index in [1.54, 1.807) is 18.5 Å². The molecule has 1 aliphatic rings. The number of nitrogens with zero attached hydrogens (tertiary/aromatic N) is 1. The summed E-state index contributed by atoms with van der Waals surface area (Å²) in [5.74, 6) is 5.55. The largest absolute Gasteiger partial charge is 0.395 e.